The van der Waals surface area contributed by atoms with Crippen molar-refractivity contribution in [2.24, 2.45) is 0 Å². The monoisotopic (exact) mass is 442 g/mol. The maximum absolute atomic E-state index is 12.1. The van der Waals surface area contributed by atoms with Crippen LogP contribution in [-0.2, 0) is 11.3 Å². The number of aromatic nitrogens is 2. The molecule has 168 valence electrons. The number of carbonyl (C=O) groups is 1. The van der Waals surface area contributed by atoms with Crippen LogP contribution in [0.2, 0.25) is 0 Å². The van der Waals surface area contributed by atoms with Gasteiger partial charge >= 0.3 is 0 Å². The average Bonchev–Trinajstić information content (AvgIpc) is 3.33. The van der Waals surface area contributed by atoms with E-state index in [1.807, 2.05) is 86.6 Å². The van der Waals surface area contributed by atoms with Crippen LogP contribution >= 0.6 is 0 Å². The zero-order chi connectivity index (χ0) is 23.2. The largest absolute Gasteiger partial charge is 0.484 e. The Hall–Kier alpha value is -4.13. The highest BCUT2D eigenvalue weighted by Crippen LogP contribution is 2.24. The number of nitrogens with one attached hydrogen (secondary N) is 1. The van der Waals surface area contributed by atoms with Crippen molar-refractivity contribution in [1.29, 1.82) is 0 Å². The van der Waals surface area contributed by atoms with E-state index in [1.165, 1.54) is 5.56 Å². The molecule has 4 aromatic rings. The van der Waals surface area contributed by atoms with Crippen LogP contribution in [0.5, 0.6) is 5.75 Å². The molecule has 0 aliphatic rings. The molecule has 3 aromatic carbocycles. The first-order chi connectivity index (χ1) is 16.0. The molecule has 1 N–H and O–H groups in total. The molecule has 0 atom stereocenters. The summed E-state index contributed by atoms with van der Waals surface area (Å²) in [5.74, 6) is 1.37. The fraction of sp³-hybridized carbons (Fsp3) is 0.192. The highest BCUT2D eigenvalue weighted by Gasteiger charge is 2.11. The molecular formula is C26H26N4O3. The normalized spacial score (nSPS) is 10.6. The van der Waals surface area contributed by atoms with E-state index in [9.17, 15) is 4.79 Å². The van der Waals surface area contributed by atoms with E-state index in [1.54, 1.807) is 12.1 Å². The number of benzene rings is 3. The van der Waals surface area contributed by atoms with Gasteiger partial charge < -0.3 is 19.5 Å². The Morgan fingerprint density at radius 2 is 1.61 bits per heavy atom. The Bertz CT molecular complexity index is 1200. The lowest BCUT2D eigenvalue weighted by Crippen LogP contribution is -2.28. The van der Waals surface area contributed by atoms with Gasteiger partial charge in [-0.2, -0.15) is 4.98 Å². The first kappa shape index (κ1) is 22.1. The maximum atomic E-state index is 12.1. The Kier molecular flexibility index (Phi) is 6.69. The van der Waals surface area contributed by atoms with Gasteiger partial charge in [0.05, 0.1) is 0 Å². The number of nitrogens with zero attached hydrogens (tertiary/aromatic N) is 3. The topological polar surface area (TPSA) is 80.5 Å². The third-order valence-electron chi connectivity index (χ3n) is 5.15. The van der Waals surface area contributed by atoms with Gasteiger partial charge in [-0.05, 0) is 48.9 Å². The van der Waals surface area contributed by atoms with Crippen LogP contribution in [0.25, 0.3) is 22.8 Å². The molecule has 1 aromatic heterocycles. The first-order valence-electron chi connectivity index (χ1n) is 10.6. The molecule has 0 saturated carbocycles. The van der Waals surface area contributed by atoms with Crippen LogP contribution in [0.15, 0.2) is 77.3 Å². The Morgan fingerprint density at radius 3 is 2.27 bits per heavy atom. The van der Waals surface area contributed by atoms with Crippen molar-refractivity contribution in [2.45, 2.75) is 13.5 Å². The molecule has 0 radical (unpaired) electrons. The van der Waals surface area contributed by atoms with Crippen molar-refractivity contribution >= 4 is 11.6 Å². The molecule has 7 heteroatoms. The van der Waals surface area contributed by atoms with Gasteiger partial charge in [-0.15, -0.1) is 0 Å². The van der Waals surface area contributed by atoms with E-state index in [2.05, 4.69) is 15.5 Å². The summed E-state index contributed by atoms with van der Waals surface area (Å²) in [4.78, 5) is 18.6. The summed E-state index contributed by atoms with van der Waals surface area (Å²) in [5.41, 5.74) is 4.99. The van der Waals surface area contributed by atoms with Crippen LogP contribution in [0.4, 0.5) is 5.69 Å². The number of hydrogen-bond acceptors (Lipinski definition) is 6. The van der Waals surface area contributed by atoms with E-state index in [-0.39, 0.29) is 12.5 Å². The van der Waals surface area contributed by atoms with Crippen molar-refractivity contribution in [1.82, 2.24) is 15.5 Å². The highest BCUT2D eigenvalue weighted by atomic mass is 16.5. The second-order valence-electron chi connectivity index (χ2n) is 7.94. The minimum atomic E-state index is -0.185. The van der Waals surface area contributed by atoms with Crippen LogP contribution in [-0.4, -0.2) is 36.8 Å². The third kappa shape index (κ3) is 5.77. The third-order valence-corrected chi connectivity index (χ3v) is 5.15. The van der Waals surface area contributed by atoms with Gasteiger partial charge in [0.2, 0.25) is 5.82 Å². The molecular weight excluding hydrogens is 416 g/mol. The van der Waals surface area contributed by atoms with Crippen molar-refractivity contribution in [3.05, 3.63) is 83.9 Å². The van der Waals surface area contributed by atoms with E-state index in [4.69, 9.17) is 9.26 Å². The number of hydrogen-bond donors (Lipinski definition) is 1. The molecule has 4 rings (SSSR count). The van der Waals surface area contributed by atoms with Gasteiger partial charge in [-0.3, -0.25) is 4.79 Å². The molecule has 0 bridgehead atoms. The molecule has 1 amide bonds. The summed E-state index contributed by atoms with van der Waals surface area (Å²) < 4.78 is 11.0. The molecule has 0 aliphatic heterocycles. The molecule has 0 fully saturated rings. The van der Waals surface area contributed by atoms with Crippen molar-refractivity contribution < 1.29 is 14.1 Å². The summed E-state index contributed by atoms with van der Waals surface area (Å²) in [5, 5.41) is 6.93. The number of ether oxygens (including phenoxy) is 1. The summed E-state index contributed by atoms with van der Waals surface area (Å²) in [6.45, 7) is 2.42. The molecule has 0 saturated heterocycles. The maximum Gasteiger partial charge on any atom is 0.258 e. The summed E-state index contributed by atoms with van der Waals surface area (Å²) in [6.07, 6.45) is 0. The summed E-state index contributed by atoms with van der Waals surface area (Å²) in [7, 11) is 3.98. The quantitative estimate of drug-likeness (QED) is 0.434. The predicted molar refractivity (Wildman–Crippen MR) is 128 cm³/mol. The first-order valence-corrected chi connectivity index (χ1v) is 10.6. The zero-order valence-corrected chi connectivity index (χ0v) is 18.9. The molecule has 7 nitrogen and oxygen atoms in total. The lowest BCUT2D eigenvalue weighted by Gasteiger charge is -2.13. The van der Waals surface area contributed by atoms with Crippen LogP contribution in [0.1, 0.15) is 11.1 Å². The Balaban J connectivity index is 1.28. The minimum Gasteiger partial charge on any atom is -0.484 e. The highest BCUT2D eigenvalue weighted by molar-refractivity contribution is 5.77. The van der Waals surface area contributed by atoms with Crippen molar-refractivity contribution in [3.8, 4) is 28.6 Å². The van der Waals surface area contributed by atoms with Crippen molar-refractivity contribution in [2.75, 3.05) is 25.6 Å². The van der Waals surface area contributed by atoms with E-state index in [0.29, 0.717) is 24.0 Å². The number of aryl methyl sites for hydroxylation is 1. The fourth-order valence-electron chi connectivity index (χ4n) is 3.17. The number of rotatable bonds is 8. The number of anilines is 1. The number of amides is 1. The van der Waals surface area contributed by atoms with Crippen LogP contribution in [0.3, 0.4) is 0 Å². The predicted octanol–water partition coefficient (Wildman–Crippen LogP) is 4.47. The SMILES string of the molecule is Cc1ccc(-c2noc(-c3ccc(OCC(=O)NCc4ccc(N(C)C)cc4)cc3)n2)cc1. The van der Waals surface area contributed by atoms with Crippen LogP contribution in [0, 0.1) is 6.92 Å². The Labute approximate surface area is 193 Å². The average molecular weight is 443 g/mol. The minimum absolute atomic E-state index is 0.0622. The van der Waals surface area contributed by atoms with E-state index in [0.717, 1.165) is 22.4 Å². The Morgan fingerprint density at radius 1 is 0.939 bits per heavy atom. The fourth-order valence-corrected chi connectivity index (χ4v) is 3.17. The zero-order valence-electron chi connectivity index (χ0n) is 18.9. The van der Waals surface area contributed by atoms with E-state index >= 15 is 0 Å². The summed E-state index contributed by atoms with van der Waals surface area (Å²) in [6, 6.07) is 23.2. The number of carbonyl (C=O) groups excluding carboxylic acids is 1. The summed E-state index contributed by atoms with van der Waals surface area (Å²) >= 11 is 0. The van der Waals surface area contributed by atoms with Gasteiger partial charge in [0.25, 0.3) is 11.8 Å². The van der Waals surface area contributed by atoms with Gasteiger partial charge in [0, 0.05) is 37.5 Å². The van der Waals surface area contributed by atoms with Crippen LogP contribution < -0.4 is 15.0 Å². The molecule has 0 aliphatic carbocycles. The second kappa shape index (κ2) is 9.99. The molecule has 0 unspecified atom stereocenters. The van der Waals surface area contributed by atoms with Gasteiger partial charge in [0.1, 0.15) is 5.75 Å². The van der Waals surface area contributed by atoms with E-state index < -0.39 is 0 Å². The van der Waals surface area contributed by atoms with Gasteiger partial charge in [-0.1, -0.05) is 47.1 Å². The molecule has 33 heavy (non-hydrogen) atoms. The standard InChI is InChI=1S/C26H26N4O3/c1-18-4-8-20(9-5-18)25-28-26(33-29-25)21-10-14-23(15-11-21)32-17-24(31)27-16-19-6-12-22(13-7-19)30(2)3/h4-15H,16-17H2,1-3H3,(H,27,31). The van der Waals surface area contributed by atoms with Gasteiger partial charge in [-0.25, -0.2) is 0 Å². The molecule has 1 heterocycles. The van der Waals surface area contributed by atoms with Gasteiger partial charge in [0.15, 0.2) is 6.61 Å². The second-order valence-corrected chi connectivity index (χ2v) is 7.94. The lowest BCUT2D eigenvalue weighted by atomic mass is 10.1. The molecule has 0 spiro atoms. The smallest absolute Gasteiger partial charge is 0.258 e. The lowest BCUT2D eigenvalue weighted by molar-refractivity contribution is -0.123. The van der Waals surface area contributed by atoms with Crippen molar-refractivity contribution in [3.63, 3.8) is 0 Å².